The van der Waals surface area contributed by atoms with E-state index < -0.39 is 0 Å². The molecule has 1 fully saturated rings. The molecule has 4 nitrogen and oxygen atoms in total. The van der Waals surface area contributed by atoms with E-state index in [1.165, 1.54) is 5.56 Å². The number of aromatic nitrogens is 1. The Balaban J connectivity index is 2.14. The predicted octanol–water partition coefficient (Wildman–Crippen LogP) is 2.37. The molecule has 2 N–H and O–H groups in total. The summed E-state index contributed by atoms with van der Waals surface area (Å²) in [6, 6.07) is 4.39. The maximum atomic E-state index is 6.10. The maximum absolute atomic E-state index is 6.10. The molecule has 2 rings (SSSR count). The first kappa shape index (κ1) is 15.3. The summed E-state index contributed by atoms with van der Waals surface area (Å²) in [4.78, 5) is 6.91. The van der Waals surface area contributed by atoms with E-state index >= 15 is 0 Å². The van der Waals surface area contributed by atoms with E-state index in [2.05, 4.69) is 49.7 Å². The van der Waals surface area contributed by atoms with Crippen molar-refractivity contribution >= 4 is 5.82 Å². The van der Waals surface area contributed by atoms with Gasteiger partial charge in [-0.1, -0.05) is 6.07 Å². The van der Waals surface area contributed by atoms with Crippen LogP contribution in [-0.2, 0) is 11.2 Å². The van der Waals surface area contributed by atoms with Gasteiger partial charge in [0.15, 0.2) is 0 Å². The second kappa shape index (κ2) is 5.34. The van der Waals surface area contributed by atoms with E-state index in [0.717, 1.165) is 25.3 Å². The predicted molar refractivity (Wildman–Crippen MR) is 83.0 cm³/mol. The second-order valence-electron chi connectivity index (χ2n) is 7.18. The first-order chi connectivity index (χ1) is 9.17. The number of nitrogens with two attached hydrogens (primary N) is 1. The van der Waals surface area contributed by atoms with Crippen LogP contribution in [0.3, 0.4) is 0 Å². The molecule has 20 heavy (non-hydrogen) atoms. The summed E-state index contributed by atoms with van der Waals surface area (Å²) in [5, 5.41) is 0. The first-order valence-electron chi connectivity index (χ1n) is 7.33. The van der Waals surface area contributed by atoms with Gasteiger partial charge in [-0.15, -0.1) is 0 Å². The van der Waals surface area contributed by atoms with Gasteiger partial charge in [-0.2, -0.15) is 0 Å². The van der Waals surface area contributed by atoms with Crippen LogP contribution in [0.15, 0.2) is 18.3 Å². The molecule has 4 heteroatoms. The summed E-state index contributed by atoms with van der Waals surface area (Å²) in [7, 11) is 0. The third kappa shape index (κ3) is 3.93. The normalized spacial score (nSPS) is 22.6. The van der Waals surface area contributed by atoms with Crippen molar-refractivity contribution in [2.24, 2.45) is 5.73 Å². The number of rotatable bonds is 3. The lowest BCUT2D eigenvalue weighted by Gasteiger charge is -2.47. The summed E-state index contributed by atoms with van der Waals surface area (Å²) in [5.41, 5.74) is 6.69. The van der Waals surface area contributed by atoms with Crippen molar-refractivity contribution in [3.05, 3.63) is 23.9 Å². The highest BCUT2D eigenvalue weighted by Crippen LogP contribution is 2.30. The van der Waals surface area contributed by atoms with Crippen molar-refractivity contribution in [1.82, 2.24) is 4.98 Å². The fourth-order valence-electron chi connectivity index (χ4n) is 3.05. The molecular weight excluding hydrogens is 250 g/mol. The molecule has 1 aliphatic heterocycles. The molecular formula is C16H27N3O. The number of nitrogens with zero attached hydrogens (tertiary/aromatic N) is 2. The van der Waals surface area contributed by atoms with E-state index in [1.54, 1.807) is 0 Å². The van der Waals surface area contributed by atoms with Crippen LogP contribution in [0.4, 0.5) is 5.82 Å². The van der Waals surface area contributed by atoms with E-state index in [9.17, 15) is 0 Å². The Morgan fingerprint density at radius 1 is 1.25 bits per heavy atom. The van der Waals surface area contributed by atoms with E-state index in [-0.39, 0.29) is 17.2 Å². The lowest BCUT2D eigenvalue weighted by atomic mass is 9.99. The van der Waals surface area contributed by atoms with Gasteiger partial charge in [0.25, 0.3) is 0 Å². The van der Waals surface area contributed by atoms with Crippen LogP contribution in [0.5, 0.6) is 0 Å². The summed E-state index contributed by atoms with van der Waals surface area (Å²) in [6.07, 6.45) is 2.81. The van der Waals surface area contributed by atoms with Gasteiger partial charge in [0.1, 0.15) is 5.82 Å². The molecule has 1 saturated heterocycles. The Hall–Kier alpha value is -1.13. The topological polar surface area (TPSA) is 51.4 Å². The lowest BCUT2D eigenvalue weighted by molar-refractivity contribution is -0.133. The maximum Gasteiger partial charge on any atom is 0.128 e. The van der Waals surface area contributed by atoms with E-state index in [1.807, 2.05) is 13.1 Å². The molecule has 0 saturated carbocycles. The summed E-state index contributed by atoms with van der Waals surface area (Å²) in [6.45, 7) is 12.3. The molecule has 1 aliphatic rings. The Labute approximate surface area is 122 Å². The van der Waals surface area contributed by atoms with Crippen LogP contribution in [0.1, 0.15) is 40.2 Å². The van der Waals surface area contributed by atoms with Crippen molar-refractivity contribution in [2.75, 3.05) is 18.0 Å². The molecule has 1 aromatic heterocycles. The smallest absolute Gasteiger partial charge is 0.128 e. The number of ether oxygens (including phenoxy) is 1. The highest BCUT2D eigenvalue weighted by molar-refractivity contribution is 5.41. The van der Waals surface area contributed by atoms with Crippen LogP contribution in [0.25, 0.3) is 0 Å². The van der Waals surface area contributed by atoms with Gasteiger partial charge >= 0.3 is 0 Å². The summed E-state index contributed by atoms with van der Waals surface area (Å²) >= 11 is 0. The van der Waals surface area contributed by atoms with Gasteiger partial charge in [0, 0.05) is 25.3 Å². The lowest BCUT2D eigenvalue weighted by Crippen LogP contribution is -2.57. The van der Waals surface area contributed by atoms with Gasteiger partial charge in [-0.05, 0) is 52.7 Å². The minimum absolute atomic E-state index is 0.159. The first-order valence-corrected chi connectivity index (χ1v) is 7.33. The SMILES string of the molecule is CC(N)Cc1ccc(N2CC(C)(C)OC(C)(C)C2)nc1. The zero-order valence-corrected chi connectivity index (χ0v) is 13.3. The number of hydrogen-bond acceptors (Lipinski definition) is 4. The molecule has 1 unspecified atom stereocenters. The molecule has 1 aromatic rings. The summed E-state index contributed by atoms with van der Waals surface area (Å²) < 4.78 is 6.10. The standard InChI is InChI=1S/C16H27N3O/c1-12(17)8-13-6-7-14(18-9-13)19-10-15(2,3)20-16(4,5)11-19/h6-7,9,12H,8,10-11,17H2,1-5H3. The average Bonchev–Trinajstić information content (AvgIpc) is 2.24. The van der Waals surface area contributed by atoms with Crippen LogP contribution < -0.4 is 10.6 Å². The largest absolute Gasteiger partial charge is 0.366 e. The Morgan fingerprint density at radius 3 is 2.30 bits per heavy atom. The zero-order valence-electron chi connectivity index (χ0n) is 13.3. The van der Waals surface area contributed by atoms with Crippen molar-refractivity contribution in [3.8, 4) is 0 Å². The molecule has 0 bridgehead atoms. The fourth-order valence-corrected chi connectivity index (χ4v) is 3.05. The van der Waals surface area contributed by atoms with Gasteiger partial charge in [0.2, 0.25) is 0 Å². The van der Waals surface area contributed by atoms with Crippen LogP contribution >= 0.6 is 0 Å². The van der Waals surface area contributed by atoms with Gasteiger partial charge in [-0.25, -0.2) is 4.98 Å². The van der Waals surface area contributed by atoms with Crippen LogP contribution in [-0.4, -0.2) is 35.3 Å². The zero-order chi connectivity index (χ0) is 15.0. The fraction of sp³-hybridized carbons (Fsp3) is 0.688. The van der Waals surface area contributed by atoms with Crippen molar-refractivity contribution in [3.63, 3.8) is 0 Å². The third-order valence-corrected chi connectivity index (χ3v) is 3.39. The Morgan fingerprint density at radius 2 is 1.85 bits per heavy atom. The molecule has 0 aliphatic carbocycles. The number of pyridine rings is 1. The van der Waals surface area contributed by atoms with E-state index in [0.29, 0.717) is 0 Å². The quantitative estimate of drug-likeness (QED) is 0.921. The monoisotopic (exact) mass is 277 g/mol. The van der Waals surface area contributed by atoms with Gasteiger partial charge in [-0.3, -0.25) is 0 Å². The molecule has 0 amide bonds. The van der Waals surface area contributed by atoms with Crippen molar-refractivity contribution in [2.45, 2.75) is 58.3 Å². The van der Waals surface area contributed by atoms with Crippen LogP contribution in [0, 0.1) is 0 Å². The molecule has 112 valence electrons. The Bertz CT molecular complexity index is 435. The van der Waals surface area contributed by atoms with Gasteiger partial charge in [0.05, 0.1) is 11.2 Å². The molecule has 0 spiro atoms. The third-order valence-electron chi connectivity index (χ3n) is 3.39. The molecule has 1 atom stereocenters. The highest BCUT2D eigenvalue weighted by atomic mass is 16.5. The highest BCUT2D eigenvalue weighted by Gasteiger charge is 2.38. The minimum Gasteiger partial charge on any atom is -0.366 e. The summed E-state index contributed by atoms with van der Waals surface area (Å²) in [5.74, 6) is 1.02. The van der Waals surface area contributed by atoms with Crippen LogP contribution in [0.2, 0.25) is 0 Å². The number of anilines is 1. The second-order valence-corrected chi connectivity index (χ2v) is 7.18. The minimum atomic E-state index is -0.159. The molecule has 0 aromatic carbocycles. The Kier molecular flexibility index (Phi) is 4.07. The number of morpholine rings is 1. The number of hydrogen-bond donors (Lipinski definition) is 1. The van der Waals surface area contributed by atoms with Crippen molar-refractivity contribution < 1.29 is 4.74 Å². The molecule has 2 heterocycles. The molecule has 0 radical (unpaired) electrons. The average molecular weight is 277 g/mol. The van der Waals surface area contributed by atoms with Crippen molar-refractivity contribution in [1.29, 1.82) is 0 Å². The van der Waals surface area contributed by atoms with E-state index in [4.69, 9.17) is 10.5 Å². The van der Waals surface area contributed by atoms with Gasteiger partial charge < -0.3 is 15.4 Å².